The van der Waals surface area contributed by atoms with Gasteiger partial charge in [-0.1, -0.05) is 20.3 Å². The molecule has 0 N–H and O–H groups in total. The van der Waals surface area contributed by atoms with E-state index < -0.39 is 22.0 Å². The number of tetrazole rings is 1. The first-order chi connectivity index (χ1) is 11.5. The highest BCUT2D eigenvalue weighted by atomic mass is 32.2. The van der Waals surface area contributed by atoms with Crippen molar-refractivity contribution in [1.29, 1.82) is 0 Å². The lowest BCUT2D eigenvalue weighted by molar-refractivity contribution is -0.149. The minimum atomic E-state index is -3.41. The van der Waals surface area contributed by atoms with E-state index in [0.29, 0.717) is 38.2 Å². The van der Waals surface area contributed by atoms with Crippen LogP contribution < -0.4 is 0 Å². The lowest BCUT2D eigenvalue weighted by Gasteiger charge is -2.22. The monoisotopic (exact) mass is 359 g/mol. The van der Waals surface area contributed by atoms with Gasteiger partial charge in [-0.15, -0.1) is 5.10 Å². The lowest BCUT2D eigenvalue weighted by atomic mass is 10.2. The number of nitrogens with zero attached hydrogens (tertiary/aromatic N) is 5. The van der Waals surface area contributed by atoms with Crippen molar-refractivity contribution in [2.45, 2.75) is 65.1 Å². The van der Waals surface area contributed by atoms with Crippen molar-refractivity contribution in [1.82, 2.24) is 24.5 Å². The van der Waals surface area contributed by atoms with Gasteiger partial charge in [0, 0.05) is 13.1 Å². The number of carbonyl (C=O) groups excluding carboxylic acids is 1. The largest absolute Gasteiger partial charge is 0.456 e. The van der Waals surface area contributed by atoms with Crippen molar-refractivity contribution in [2.75, 3.05) is 12.3 Å². The van der Waals surface area contributed by atoms with E-state index in [9.17, 15) is 13.2 Å². The molecule has 1 unspecified atom stereocenters. The smallest absolute Gasteiger partial charge is 0.324 e. The molecule has 0 aromatic carbocycles. The summed E-state index contributed by atoms with van der Waals surface area (Å²) in [6, 6.07) is -0.735. The summed E-state index contributed by atoms with van der Waals surface area (Å²) < 4.78 is 32.6. The Bertz CT molecular complexity index is 645. The number of hydrogen-bond acceptors (Lipinski definition) is 7. The standard InChI is InChI=1S/C14H25N5O4S/c1-3-5-8-18-13(15-16-17-18)11-23-14(20)12-7-6-9-19(12)24(21,22)10-4-2/h12H,3-11H2,1-2H3. The predicted octanol–water partition coefficient (Wildman–Crippen LogP) is 0.721. The van der Waals surface area contributed by atoms with Gasteiger partial charge in [0.1, 0.15) is 6.04 Å². The average Bonchev–Trinajstić information content (AvgIpc) is 3.19. The summed E-state index contributed by atoms with van der Waals surface area (Å²) in [4.78, 5) is 12.3. The topological polar surface area (TPSA) is 107 Å². The molecule has 1 aromatic heterocycles. The van der Waals surface area contributed by atoms with Gasteiger partial charge < -0.3 is 4.74 Å². The summed E-state index contributed by atoms with van der Waals surface area (Å²) >= 11 is 0. The van der Waals surface area contributed by atoms with Crippen LogP contribution in [0, 0.1) is 0 Å². The Balaban J connectivity index is 1.96. The molecule has 1 saturated heterocycles. The van der Waals surface area contributed by atoms with E-state index in [1.54, 1.807) is 11.6 Å². The van der Waals surface area contributed by atoms with Crippen molar-refractivity contribution in [3.05, 3.63) is 5.82 Å². The molecule has 1 atom stereocenters. The Hall–Kier alpha value is -1.55. The molecule has 136 valence electrons. The van der Waals surface area contributed by atoms with Crippen LogP contribution in [-0.4, -0.2) is 57.2 Å². The van der Waals surface area contributed by atoms with Crippen LogP contribution in [0.3, 0.4) is 0 Å². The third-order valence-electron chi connectivity index (χ3n) is 3.97. The fraction of sp³-hybridized carbons (Fsp3) is 0.857. The molecule has 0 radical (unpaired) electrons. The van der Waals surface area contributed by atoms with Gasteiger partial charge in [0.15, 0.2) is 12.4 Å². The summed E-state index contributed by atoms with van der Waals surface area (Å²) in [5.74, 6) is -0.0125. The number of esters is 1. The van der Waals surface area contributed by atoms with E-state index in [0.717, 1.165) is 12.8 Å². The second kappa shape index (κ2) is 8.52. The Kier molecular flexibility index (Phi) is 6.67. The normalized spacial score (nSPS) is 18.8. The number of aromatic nitrogens is 4. The van der Waals surface area contributed by atoms with Gasteiger partial charge in [-0.25, -0.2) is 13.1 Å². The van der Waals surface area contributed by atoms with Crippen molar-refractivity contribution in [3.63, 3.8) is 0 Å². The molecule has 10 heteroatoms. The molecule has 0 aliphatic carbocycles. The fourth-order valence-corrected chi connectivity index (χ4v) is 4.46. The van der Waals surface area contributed by atoms with Crippen LogP contribution in [0.5, 0.6) is 0 Å². The zero-order chi connectivity index (χ0) is 17.6. The summed E-state index contributed by atoms with van der Waals surface area (Å²) in [5, 5.41) is 11.3. The first-order valence-corrected chi connectivity index (χ1v) is 10.0. The maximum Gasteiger partial charge on any atom is 0.324 e. The lowest BCUT2D eigenvalue weighted by Crippen LogP contribution is -2.42. The zero-order valence-corrected chi connectivity index (χ0v) is 15.0. The van der Waals surface area contributed by atoms with Gasteiger partial charge >= 0.3 is 5.97 Å². The highest BCUT2D eigenvalue weighted by Gasteiger charge is 2.39. The highest BCUT2D eigenvalue weighted by Crippen LogP contribution is 2.23. The molecular formula is C14H25N5O4S. The summed E-state index contributed by atoms with van der Waals surface area (Å²) in [7, 11) is -3.41. The molecule has 1 aliphatic rings. The number of rotatable bonds is 9. The molecule has 0 spiro atoms. The van der Waals surface area contributed by atoms with Gasteiger partial charge in [0.2, 0.25) is 10.0 Å². The number of ether oxygens (including phenoxy) is 1. The van der Waals surface area contributed by atoms with E-state index in [1.807, 2.05) is 0 Å². The van der Waals surface area contributed by atoms with E-state index in [1.165, 1.54) is 4.31 Å². The van der Waals surface area contributed by atoms with Crippen molar-refractivity contribution in [2.24, 2.45) is 0 Å². The highest BCUT2D eigenvalue weighted by molar-refractivity contribution is 7.89. The summed E-state index contributed by atoms with van der Waals surface area (Å²) in [6.45, 7) is 4.85. The van der Waals surface area contributed by atoms with Crippen molar-refractivity contribution >= 4 is 16.0 Å². The molecule has 0 bridgehead atoms. The third-order valence-corrected chi connectivity index (χ3v) is 6.04. The van der Waals surface area contributed by atoms with Gasteiger partial charge in [-0.05, 0) is 36.1 Å². The van der Waals surface area contributed by atoms with Gasteiger partial charge in [0.25, 0.3) is 0 Å². The second-order valence-corrected chi connectivity index (χ2v) is 7.91. The van der Waals surface area contributed by atoms with Crippen molar-refractivity contribution < 1.29 is 17.9 Å². The molecule has 24 heavy (non-hydrogen) atoms. The van der Waals surface area contributed by atoms with Gasteiger partial charge in [-0.3, -0.25) is 4.79 Å². The molecule has 1 fully saturated rings. The second-order valence-electron chi connectivity index (χ2n) is 5.86. The van der Waals surface area contributed by atoms with Gasteiger partial charge in [0.05, 0.1) is 5.75 Å². The number of hydrogen-bond donors (Lipinski definition) is 0. The van der Waals surface area contributed by atoms with Crippen LogP contribution in [0.2, 0.25) is 0 Å². The third kappa shape index (κ3) is 4.50. The number of sulfonamides is 1. The van der Waals surface area contributed by atoms with E-state index >= 15 is 0 Å². The molecule has 1 aromatic rings. The Morgan fingerprint density at radius 2 is 2.12 bits per heavy atom. The molecule has 0 amide bonds. The maximum absolute atomic E-state index is 12.3. The number of carbonyl (C=O) groups is 1. The average molecular weight is 359 g/mol. The molecule has 1 aliphatic heterocycles. The van der Waals surface area contributed by atoms with Crippen LogP contribution in [0.15, 0.2) is 0 Å². The first-order valence-electron chi connectivity index (χ1n) is 8.40. The predicted molar refractivity (Wildman–Crippen MR) is 86.3 cm³/mol. The first kappa shape index (κ1) is 18.8. The zero-order valence-electron chi connectivity index (χ0n) is 14.2. The van der Waals surface area contributed by atoms with Gasteiger partial charge in [-0.2, -0.15) is 4.31 Å². The van der Waals surface area contributed by atoms with E-state index in [2.05, 4.69) is 22.4 Å². The molecule has 2 rings (SSSR count). The summed E-state index contributed by atoms with van der Waals surface area (Å²) in [5.41, 5.74) is 0. The minimum absolute atomic E-state index is 0.0477. The van der Waals surface area contributed by atoms with Crippen LogP contribution in [0.1, 0.15) is 51.8 Å². The number of aryl methyl sites for hydroxylation is 1. The SMILES string of the molecule is CCCCn1nnnc1COC(=O)C1CCCN1S(=O)(=O)CCC. The maximum atomic E-state index is 12.3. The quantitative estimate of drug-likeness (QED) is 0.598. The molecular weight excluding hydrogens is 334 g/mol. The Morgan fingerprint density at radius 3 is 2.83 bits per heavy atom. The van der Waals surface area contributed by atoms with Crippen LogP contribution in [-0.2, 0) is 32.7 Å². The minimum Gasteiger partial charge on any atom is -0.456 e. The molecule has 9 nitrogen and oxygen atoms in total. The molecule has 0 saturated carbocycles. The van der Waals surface area contributed by atoms with Crippen LogP contribution >= 0.6 is 0 Å². The van der Waals surface area contributed by atoms with E-state index in [-0.39, 0.29) is 12.4 Å². The number of unbranched alkanes of at least 4 members (excludes halogenated alkanes) is 1. The van der Waals surface area contributed by atoms with Crippen LogP contribution in [0.4, 0.5) is 0 Å². The Labute approximate surface area is 142 Å². The summed E-state index contributed by atoms with van der Waals surface area (Å²) in [6.07, 6.45) is 3.61. The van der Waals surface area contributed by atoms with Crippen LogP contribution in [0.25, 0.3) is 0 Å². The van der Waals surface area contributed by atoms with Crippen molar-refractivity contribution in [3.8, 4) is 0 Å². The van der Waals surface area contributed by atoms with E-state index in [4.69, 9.17) is 4.74 Å². The fourth-order valence-electron chi connectivity index (χ4n) is 2.72. The Morgan fingerprint density at radius 1 is 1.33 bits per heavy atom. The molecule has 2 heterocycles.